The number of carbonyl (C=O) groups excluding carboxylic acids is 1. The molecule has 132 valence electrons. The highest BCUT2D eigenvalue weighted by Gasteiger charge is 2.28. The van der Waals surface area contributed by atoms with E-state index in [4.69, 9.17) is 4.74 Å². The molecule has 1 atom stereocenters. The van der Waals surface area contributed by atoms with E-state index in [0.717, 1.165) is 22.3 Å². The van der Waals surface area contributed by atoms with Crippen LogP contribution in [0.3, 0.4) is 0 Å². The number of aromatic nitrogens is 3. The second kappa shape index (κ2) is 6.80. The summed E-state index contributed by atoms with van der Waals surface area (Å²) in [6.07, 6.45) is 1.50. The van der Waals surface area contributed by atoms with E-state index >= 15 is 0 Å². The lowest BCUT2D eigenvalue weighted by molar-refractivity contribution is -0.0248. The Hall–Kier alpha value is -2.86. The van der Waals surface area contributed by atoms with Gasteiger partial charge in [0.05, 0.1) is 24.4 Å². The number of pyridine rings is 1. The number of morpholine rings is 1. The van der Waals surface area contributed by atoms with Gasteiger partial charge in [-0.3, -0.25) is 9.78 Å². The van der Waals surface area contributed by atoms with E-state index in [-0.39, 0.29) is 12.0 Å². The SMILES string of the molecule is Cc1cc(C2CN(C(=O)c3cccc4ncccc34)CCO2)nc(C)n1. The van der Waals surface area contributed by atoms with Crippen molar-refractivity contribution >= 4 is 16.8 Å². The van der Waals surface area contributed by atoms with Crippen LogP contribution in [0.2, 0.25) is 0 Å². The molecule has 1 aromatic carbocycles. The van der Waals surface area contributed by atoms with Gasteiger partial charge in [-0.1, -0.05) is 12.1 Å². The molecular weight excluding hydrogens is 328 g/mol. The summed E-state index contributed by atoms with van der Waals surface area (Å²) < 4.78 is 5.88. The van der Waals surface area contributed by atoms with Crippen LogP contribution in [0.5, 0.6) is 0 Å². The molecule has 1 saturated heterocycles. The molecule has 6 nitrogen and oxygen atoms in total. The van der Waals surface area contributed by atoms with Gasteiger partial charge in [0.1, 0.15) is 11.9 Å². The molecular formula is C20H20N4O2. The highest BCUT2D eigenvalue weighted by atomic mass is 16.5. The second-order valence-electron chi connectivity index (χ2n) is 6.47. The topological polar surface area (TPSA) is 68.2 Å². The van der Waals surface area contributed by atoms with Crippen LogP contribution in [0.1, 0.15) is 33.7 Å². The standard InChI is InChI=1S/C20H20N4O2/c1-13-11-18(23-14(2)22-13)19-12-24(9-10-26-19)20(25)16-5-3-7-17-15(16)6-4-8-21-17/h3-8,11,19H,9-10,12H2,1-2H3. The highest BCUT2D eigenvalue weighted by Crippen LogP contribution is 2.24. The normalized spacial score (nSPS) is 17.5. The van der Waals surface area contributed by atoms with Crippen molar-refractivity contribution in [2.75, 3.05) is 19.7 Å². The van der Waals surface area contributed by atoms with Crippen LogP contribution in [0.15, 0.2) is 42.6 Å². The first-order chi connectivity index (χ1) is 12.6. The predicted octanol–water partition coefficient (Wildman–Crippen LogP) is 2.86. The zero-order chi connectivity index (χ0) is 18.1. The average molecular weight is 348 g/mol. The second-order valence-corrected chi connectivity index (χ2v) is 6.47. The molecule has 26 heavy (non-hydrogen) atoms. The molecule has 1 aliphatic rings. The van der Waals surface area contributed by atoms with E-state index in [9.17, 15) is 4.79 Å². The van der Waals surface area contributed by atoms with Gasteiger partial charge >= 0.3 is 0 Å². The number of hydrogen-bond donors (Lipinski definition) is 0. The molecule has 2 aromatic heterocycles. The fraction of sp³-hybridized carbons (Fsp3) is 0.300. The molecule has 1 amide bonds. The minimum absolute atomic E-state index is 0.000556. The van der Waals surface area contributed by atoms with E-state index in [1.165, 1.54) is 0 Å². The van der Waals surface area contributed by atoms with Crippen LogP contribution in [0, 0.1) is 13.8 Å². The van der Waals surface area contributed by atoms with Crippen LogP contribution in [-0.4, -0.2) is 45.5 Å². The summed E-state index contributed by atoms with van der Waals surface area (Å²) in [6, 6.07) is 11.4. The molecule has 4 rings (SSSR count). The quantitative estimate of drug-likeness (QED) is 0.712. The van der Waals surface area contributed by atoms with Crippen molar-refractivity contribution in [3.8, 4) is 0 Å². The Morgan fingerprint density at radius 2 is 2.08 bits per heavy atom. The number of rotatable bonds is 2. The molecule has 0 N–H and O–H groups in total. The minimum atomic E-state index is -0.235. The minimum Gasteiger partial charge on any atom is -0.368 e. The lowest BCUT2D eigenvalue weighted by Gasteiger charge is -2.33. The first-order valence-corrected chi connectivity index (χ1v) is 8.68. The Morgan fingerprint density at radius 3 is 2.92 bits per heavy atom. The number of nitrogens with zero attached hydrogens (tertiary/aromatic N) is 4. The van der Waals surface area contributed by atoms with Crippen LogP contribution in [0.25, 0.3) is 10.9 Å². The van der Waals surface area contributed by atoms with Gasteiger partial charge in [-0.05, 0) is 38.1 Å². The number of aryl methyl sites for hydroxylation is 2. The lowest BCUT2D eigenvalue weighted by atomic mass is 10.1. The maximum Gasteiger partial charge on any atom is 0.254 e. The fourth-order valence-electron chi connectivity index (χ4n) is 3.38. The van der Waals surface area contributed by atoms with E-state index in [0.29, 0.717) is 31.1 Å². The van der Waals surface area contributed by atoms with Gasteiger partial charge in [0, 0.05) is 29.4 Å². The van der Waals surface area contributed by atoms with Gasteiger partial charge in [-0.15, -0.1) is 0 Å². The summed E-state index contributed by atoms with van der Waals surface area (Å²) in [5.74, 6) is 0.714. The molecule has 3 heterocycles. The van der Waals surface area contributed by atoms with Gasteiger partial charge in [0.15, 0.2) is 0 Å². The maximum atomic E-state index is 13.1. The third-order valence-corrected chi connectivity index (χ3v) is 4.55. The molecule has 0 bridgehead atoms. The van der Waals surface area contributed by atoms with E-state index < -0.39 is 0 Å². The number of hydrogen-bond acceptors (Lipinski definition) is 5. The molecule has 6 heteroatoms. The molecule has 1 unspecified atom stereocenters. The Kier molecular flexibility index (Phi) is 4.34. The number of fused-ring (bicyclic) bond motifs is 1. The van der Waals surface area contributed by atoms with Gasteiger partial charge < -0.3 is 9.64 Å². The predicted molar refractivity (Wildman–Crippen MR) is 97.8 cm³/mol. The van der Waals surface area contributed by atoms with Crippen molar-refractivity contribution in [2.45, 2.75) is 20.0 Å². The summed E-state index contributed by atoms with van der Waals surface area (Å²) >= 11 is 0. The Bertz CT molecular complexity index is 947. The van der Waals surface area contributed by atoms with Crippen molar-refractivity contribution in [1.29, 1.82) is 0 Å². The van der Waals surface area contributed by atoms with E-state index in [1.54, 1.807) is 6.20 Å². The first-order valence-electron chi connectivity index (χ1n) is 8.68. The Balaban J connectivity index is 1.62. The summed E-state index contributed by atoms with van der Waals surface area (Å²) in [6.45, 7) is 5.33. The molecule has 1 fully saturated rings. The van der Waals surface area contributed by atoms with Gasteiger partial charge in [-0.2, -0.15) is 0 Å². The van der Waals surface area contributed by atoms with Crippen LogP contribution in [0.4, 0.5) is 0 Å². The summed E-state index contributed by atoms with van der Waals surface area (Å²) in [5, 5.41) is 0.872. The van der Waals surface area contributed by atoms with Crippen molar-refractivity contribution in [3.63, 3.8) is 0 Å². The van der Waals surface area contributed by atoms with Gasteiger partial charge in [0.2, 0.25) is 0 Å². The maximum absolute atomic E-state index is 13.1. The molecule has 0 spiro atoms. The number of ether oxygens (including phenoxy) is 1. The number of amides is 1. The highest BCUT2D eigenvalue weighted by molar-refractivity contribution is 6.06. The van der Waals surface area contributed by atoms with Crippen molar-refractivity contribution in [1.82, 2.24) is 19.9 Å². The zero-order valence-electron chi connectivity index (χ0n) is 14.8. The molecule has 1 aliphatic heterocycles. The average Bonchev–Trinajstić information content (AvgIpc) is 2.66. The smallest absolute Gasteiger partial charge is 0.254 e. The van der Waals surface area contributed by atoms with Gasteiger partial charge in [0.25, 0.3) is 5.91 Å². The van der Waals surface area contributed by atoms with E-state index in [1.807, 2.05) is 55.1 Å². The Labute approximate surface area is 151 Å². The Morgan fingerprint density at radius 1 is 1.19 bits per heavy atom. The third-order valence-electron chi connectivity index (χ3n) is 4.55. The fourth-order valence-corrected chi connectivity index (χ4v) is 3.38. The zero-order valence-corrected chi connectivity index (χ0v) is 14.8. The lowest BCUT2D eigenvalue weighted by Crippen LogP contribution is -2.42. The molecule has 0 saturated carbocycles. The van der Waals surface area contributed by atoms with Crippen LogP contribution in [-0.2, 0) is 4.74 Å². The van der Waals surface area contributed by atoms with Crippen molar-refractivity contribution in [3.05, 3.63) is 65.4 Å². The molecule has 3 aromatic rings. The number of benzene rings is 1. The molecule has 0 radical (unpaired) electrons. The van der Waals surface area contributed by atoms with Gasteiger partial charge in [-0.25, -0.2) is 9.97 Å². The van der Waals surface area contributed by atoms with Crippen LogP contribution >= 0.6 is 0 Å². The summed E-state index contributed by atoms with van der Waals surface area (Å²) in [4.78, 5) is 28.1. The van der Waals surface area contributed by atoms with Crippen molar-refractivity contribution < 1.29 is 9.53 Å². The first kappa shape index (κ1) is 16.6. The third kappa shape index (κ3) is 3.15. The largest absolute Gasteiger partial charge is 0.368 e. The summed E-state index contributed by atoms with van der Waals surface area (Å²) in [7, 11) is 0. The van der Waals surface area contributed by atoms with Crippen molar-refractivity contribution in [2.24, 2.45) is 0 Å². The van der Waals surface area contributed by atoms with Crippen LogP contribution < -0.4 is 0 Å². The number of carbonyl (C=O) groups is 1. The summed E-state index contributed by atoms with van der Waals surface area (Å²) in [5.41, 5.74) is 3.23. The monoisotopic (exact) mass is 348 g/mol. The van der Waals surface area contributed by atoms with E-state index in [2.05, 4.69) is 15.0 Å². The molecule has 0 aliphatic carbocycles.